The maximum atomic E-state index is 12.5. The average Bonchev–Trinajstić information content (AvgIpc) is 3.26. The van der Waals surface area contributed by atoms with Gasteiger partial charge in [-0.15, -0.1) is 16.4 Å². The van der Waals surface area contributed by atoms with E-state index in [4.69, 9.17) is 0 Å². The topological polar surface area (TPSA) is 156 Å². The van der Waals surface area contributed by atoms with Crippen molar-refractivity contribution in [1.82, 2.24) is 39.8 Å². The lowest BCUT2D eigenvalue weighted by Crippen LogP contribution is -2.30. The molecule has 0 aromatic carbocycles. The molecule has 0 radical (unpaired) electrons. The van der Waals surface area contributed by atoms with Crippen LogP contribution in [0.2, 0.25) is 0 Å². The van der Waals surface area contributed by atoms with Crippen LogP contribution in [-0.2, 0) is 4.79 Å². The molecule has 1 saturated carbocycles. The number of nitrogens with zero attached hydrogens (tertiary/aromatic N) is 7. The molecule has 0 aliphatic heterocycles. The number of rotatable bonds is 5. The van der Waals surface area contributed by atoms with E-state index in [2.05, 4.69) is 35.9 Å². The third-order valence-corrected chi connectivity index (χ3v) is 7.63. The van der Waals surface area contributed by atoms with Crippen molar-refractivity contribution in [3.63, 3.8) is 0 Å². The van der Waals surface area contributed by atoms with Gasteiger partial charge < -0.3 is 25.4 Å². The predicted molar refractivity (Wildman–Crippen MR) is 124 cm³/mol. The molecule has 4 heterocycles. The Morgan fingerprint density at radius 1 is 1.26 bits per heavy atom. The second-order valence-electron chi connectivity index (χ2n) is 8.44. The van der Waals surface area contributed by atoms with Crippen LogP contribution in [0.1, 0.15) is 17.3 Å². The fourth-order valence-electron chi connectivity index (χ4n) is 4.85. The summed E-state index contributed by atoms with van der Waals surface area (Å²) in [5.41, 5.74) is 0.519. The van der Waals surface area contributed by atoms with Crippen LogP contribution in [0.25, 0.3) is 27.7 Å². The van der Waals surface area contributed by atoms with Crippen molar-refractivity contribution in [3.8, 4) is 16.5 Å². The number of imidazole rings is 1. The number of hydrogen-bond donors (Lipinski definition) is 4. The quantitative estimate of drug-likeness (QED) is 0.337. The number of aryl methyl sites for hydroxylation is 1. The zero-order valence-corrected chi connectivity index (χ0v) is 19.3. The summed E-state index contributed by atoms with van der Waals surface area (Å²) < 4.78 is 3.16. The van der Waals surface area contributed by atoms with E-state index in [0.717, 1.165) is 4.88 Å². The highest BCUT2D eigenvalue weighted by molar-refractivity contribution is 7.15. The summed E-state index contributed by atoms with van der Waals surface area (Å²) >= 11 is 1.62. The van der Waals surface area contributed by atoms with Gasteiger partial charge in [0.05, 0.1) is 17.4 Å². The number of carbonyl (C=O) groups excluding carboxylic acids is 1. The van der Waals surface area contributed by atoms with Crippen LogP contribution < -0.4 is 10.6 Å². The first-order valence-electron chi connectivity index (χ1n) is 10.7. The number of amides is 1. The molecule has 4 aromatic rings. The molecule has 12 nitrogen and oxygen atoms in total. The van der Waals surface area contributed by atoms with Crippen molar-refractivity contribution in [2.24, 2.45) is 11.3 Å². The standard InChI is InChI=1S/C21H21N9O3S/c1-9-4-5-12(34-9)11-7-30(28-27-11)20-25-17(22-2)13-18(26-20)29(8-24-13)14-10-6-21(10,19(33)23-3)16(32)15(14)31/h4-5,7-8,10,14,31-32H,6H2,1-3H3,(H,23,33)(H,22,25,26)/t10?,14-,21?/m1/s1. The zero-order valence-electron chi connectivity index (χ0n) is 18.5. The lowest BCUT2D eigenvalue weighted by Gasteiger charge is -2.15. The average molecular weight is 480 g/mol. The summed E-state index contributed by atoms with van der Waals surface area (Å²) in [7, 11) is 3.24. The minimum Gasteiger partial charge on any atom is -0.508 e. The Balaban J connectivity index is 1.45. The van der Waals surface area contributed by atoms with Crippen LogP contribution in [-0.4, -0.2) is 64.7 Å². The Labute approximate surface area is 197 Å². The molecule has 4 aromatic heterocycles. The van der Waals surface area contributed by atoms with Gasteiger partial charge in [0.2, 0.25) is 5.91 Å². The van der Waals surface area contributed by atoms with Gasteiger partial charge in [0, 0.05) is 24.9 Å². The first kappa shape index (κ1) is 20.6. The first-order chi connectivity index (χ1) is 16.4. The molecular formula is C21H21N9O3S. The van der Waals surface area contributed by atoms with Gasteiger partial charge in [-0.1, -0.05) is 5.21 Å². The number of aliphatic hydroxyl groups is 2. The van der Waals surface area contributed by atoms with Gasteiger partial charge in [-0.25, -0.2) is 4.98 Å². The number of hydrogen-bond acceptors (Lipinski definition) is 10. The van der Waals surface area contributed by atoms with Crippen LogP contribution in [0, 0.1) is 18.3 Å². The van der Waals surface area contributed by atoms with E-state index in [-0.39, 0.29) is 29.3 Å². The smallest absolute Gasteiger partial charge is 0.256 e. The Kier molecular flexibility index (Phi) is 4.24. The van der Waals surface area contributed by atoms with E-state index in [1.165, 1.54) is 22.9 Å². The first-order valence-corrected chi connectivity index (χ1v) is 11.5. The van der Waals surface area contributed by atoms with Crippen LogP contribution in [0.4, 0.5) is 5.82 Å². The number of aliphatic hydroxyl groups excluding tert-OH is 2. The molecule has 0 saturated heterocycles. The van der Waals surface area contributed by atoms with E-state index in [1.54, 1.807) is 29.1 Å². The van der Waals surface area contributed by atoms with Gasteiger partial charge in [0.25, 0.3) is 5.95 Å². The SMILES string of the molecule is CNC(=O)C12CC1[C@@H](n1cnc3c(NC)nc(-n4cc(-c5ccc(C)s5)nn4)nc31)C(O)=C2O. The molecule has 13 heteroatoms. The molecule has 34 heavy (non-hydrogen) atoms. The molecule has 2 unspecified atom stereocenters. The maximum absolute atomic E-state index is 12.5. The van der Waals surface area contributed by atoms with Crippen LogP contribution >= 0.6 is 11.3 Å². The maximum Gasteiger partial charge on any atom is 0.256 e. The van der Waals surface area contributed by atoms with E-state index in [1.807, 2.05) is 19.1 Å². The summed E-state index contributed by atoms with van der Waals surface area (Å²) in [6, 6.07) is 3.34. The van der Waals surface area contributed by atoms with Gasteiger partial charge >= 0.3 is 0 Å². The van der Waals surface area contributed by atoms with Gasteiger partial charge in [-0.3, -0.25) is 4.79 Å². The van der Waals surface area contributed by atoms with Gasteiger partial charge in [0.1, 0.15) is 22.9 Å². The lowest BCUT2D eigenvalue weighted by molar-refractivity contribution is -0.125. The summed E-state index contributed by atoms with van der Waals surface area (Å²) in [5, 5.41) is 35.4. The highest BCUT2D eigenvalue weighted by Crippen LogP contribution is 2.69. The number of carbonyl (C=O) groups is 1. The molecule has 6 rings (SSSR count). The Hall–Kier alpha value is -4.00. The molecule has 1 amide bonds. The van der Waals surface area contributed by atoms with E-state index in [0.29, 0.717) is 29.1 Å². The molecular weight excluding hydrogens is 458 g/mol. The summed E-state index contributed by atoms with van der Waals surface area (Å²) in [5.74, 6) is -0.424. The van der Waals surface area contributed by atoms with Crippen molar-refractivity contribution < 1.29 is 15.0 Å². The van der Waals surface area contributed by atoms with Crippen LogP contribution in [0.5, 0.6) is 0 Å². The van der Waals surface area contributed by atoms with E-state index in [9.17, 15) is 15.0 Å². The molecule has 1 fully saturated rings. The van der Waals surface area contributed by atoms with Gasteiger partial charge in [0.15, 0.2) is 22.7 Å². The van der Waals surface area contributed by atoms with Crippen molar-refractivity contribution in [2.75, 3.05) is 19.4 Å². The second-order valence-corrected chi connectivity index (χ2v) is 9.73. The van der Waals surface area contributed by atoms with Gasteiger partial charge in [-0.2, -0.15) is 14.6 Å². The number of thiophene rings is 1. The van der Waals surface area contributed by atoms with E-state index >= 15 is 0 Å². The zero-order chi connectivity index (χ0) is 23.8. The fraction of sp³-hybridized carbons (Fsp3) is 0.333. The second kappa shape index (κ2) is 7.00. The monoisotopic (exact) mass is 479 g/mol. The summed E-state index contributed by atoms with van der Waals surface area (Å²) in [4.78, 5) is 28.3. The molecule has 2 aliphatic rings. The van der Waals surface area contributed by atoms with Crippen molar-refractivity contribution in [1.29, 1.82) is 0 Å². The Bertz CT molecular complexity index is 1500. The molecule has 2 aliphatic carbocycles. The predicted octanol–water partition coefficient (Wildman–Crippen LogP) is 2.12. The number of anilines is 1. The third-order valence-electron chi connectivity index (χ3n) is 6.61. The molecule has 0 spiro atoms. The fourth-order valence-corrected chi connectivity index (χ4v) is 5.67. The summed E-state index contributed by atoms with van der Waals surface area (Å²) in [6.07, 6.45) is 3.72. The molecule has 3 atom stereocenters. The largest absolute Gasteiger partial charge is 0.508 e. The van der Waals surface area contributed by atoms with Crippen molar-refractivity contribution in [3.05, 3.63) is 41.1 Å². The Morgan fingerprint density at radius 2 is 2.09 bits per heavy atom. The van der Waals surface area contributed by atoms with Crippen molar-refractivity contribution >= 4 is 34.2 Å². The minimum absolute atomic E-state index is 0.249. The minimum atomic E-state index is -1.11. The molecule has 0 bridgehead atoms. The molecule has 4 N–H and O–H groups in total. The highest BCUT2D eigenvalue weighted by atomic mass is 32.1. The Morgan fingerprint density at radius 3 is 2.79 bits per heavy atom. The summed E-state index contributed by atoms with van der Waals surface area (Å²) in [6.45, 7) is 2.03. The van der Waals surface area contributed by atoms with E-state index < -0.39 is 11.5 Å². The van der Waals surface area contributed by atoms with Crippen LogP contribution in [0.3, 0.4) is 0 Å². The number of nitrogens with one attached hydrogen (secondary N) is 2. The highest BCUT2D eigenvalue weighted by Gasteiger charge is 2.72. The number of allylic oxidation sites excluding steroid dienone is 1. The van der Waals surface area contributed by atoms with Crippen molar-refractivity contribution in [2.45, 2.75) is 19.4 Å². The number of fused-ring (bicyclic) bond motifs is 2. The number of aromatic nitrogens is 7. The molecule has 174 valence electrons. The third kappa shape index (κ3) is 2.64. The van der Waals surface area contributed by atoms with Gasteiger partial charge in [-0.05, 0) is 25.5 Å². The van der Waals surface area contributed by atoms with Crippen LogP contribution in [0.15, 0.2) is 36.2 Å². The normalized spacial score (nSPS) is 23.4. The lowest BCUT2D eigenvalue weighted by atomic mass is 10.0.